The summed E-state index contributed by atoms with van der Waals surface area (Å²) < 4.78 is 37.9. The van der Waals surface area contributed by atoms with Crippen molar-refractivity contribution in [2.24, 2.45) is 0 Å². The third-order valence-corrected chi connectivity index (χ3v) is 5.06. The first-order valence-corrected chi connectivity index (χ1v) is 8.91. The van der Waals surface area contributed by atoms with Crippen LogP contribution in [-0.2, 0) is 17.4 Å². The van der Waals surface area contributed by atoms with Crippen molar-refractivity contribution < 1.29 is 18.0 Å². The lowest BCUT2D eigenvalue weighted by atomic mass is 10.1. The smallest absolute Gasteiger partial charge is 0.345 e. The lowest BCUT2D eigenvalue weighted by molar-refractivity contribution is -0.140. The molecule has 1 saturated heterocycles. The largest absolute Gasteiger partial charge is 0.434 e. The van der Waals surface area contributed by atoms with E-state index in [1.54, 1.807) is 9.80 Å². The number of thiazole rings is 1. The van der Waals surface area contributed by atoms with Gasteiger partial charge in [0.1, 0.15) is 0 Å². The van der Waals surface area contributed by atoms with Crippen molar-refractivity contribution in [3.8, 4) is 0 Å². The summed E-state index contributed by atoms with van der Waals surface area (Å²) in [7, 11) is 0. The number of aryl methyl sites for hydroxylation is 1. The van der Waals surface area contributed by atoms with Gasteiger partial charge in [-0.25, -0.2) is 4.98 Å². The predicted octanol–water partition coefficient (Wildman–Crippen LogP) is 3.44. The number of amides is 1. The van der Waals surface area contributed by atoms with E-state index in [0.29, 0.717) is 44.2 Å². The van der Waals surface area contributed by atoms with E-state index in [1.807, 2.05) is 30.3 Å². The molecule has 25 heavy (non-hydrogen) atoms. The van der Waals surface area contributed by atoms with Gasteiger partial charge < -0.3 is 9.80 Å². The Hall–Kier alpha value is -2.09. The second-order valence-electron chi connectivity index (χ2n) is 5.87. The normalized spacial score (nSPS) is 15.5. The number of nitrogens with zero attached hydrogens (tertiary/aromatic N) is 3. The second kappa shape index (κ2) is 7.43. The number of halogens is 3. The number of carbonyl (C=O) groups excluding carboxylic acids is 1. The summed E-state index contributed by atoms with van der Waals surface area (Å²) in [4.78, 5) is 19.5. The first-order valence-electron chi connectivity index (χ1n) is 8.03. The van der Waals surface area contributed by atoms with E-state index in [9.17, 15) is 18.0 Å². The number of piperazine rings is 1. The van der Waals surface area contributed by atoms with E-state index < -0.39 is 11.9 Å². The molecule has 8 heteroatoms. The van der Waals surface area contributed by atoms with Gasteiger partial charge in [-0.1, -0.05) is 30.3 Å². The summed E-state index contributed by atoms with van der Waals surface area (Å²) in [6.07, 6.45) is -3.27. The number of carbonyl (C=O) groups is 1. The van der Waals surface area contributed by atoms with Gasteiger partial charge in [0.15, 0.2) is 10.8 Å². The fourth-order valence-electron chi connectivity index (χ4n) is 2.74. The van der Waals surface area contributed by atoms with E-state index in [-0.39, 0.29) is 5.91 Å². The molecule has 1 amide bonds. The minimum absolute atomic E-state index is 0.0821. The SMILES string of the molecule is O=C(CCc1ccccc1)N1CCN(c2nc(C(F)(F)F)cs2)CC1. The van der Waals surface area contributed by atoms with Crippen molar-refractivity contribution in [2.45, 2.75) is 19.0 Å². The molecule has 0 atom stereocenters. The molecule has 134 valence electrons. The molecule has 2 aromatic rings. The van der Waals surface area contributed by atoms with Crippen LogP contribution in [0.1, 0.15) is 17.7 Å². The molecule has 0 N–H and O–H groups in total. The second-order valence-corrected chi connectivity index (χ2v) is 6.70. The minimum atomic E-state index is -4.41. The molecule has 1 aromatic heterocycles. The maximum atomic E-state index is 12.6. The van der Waals surface area contributed by atoms with Gasteiger partial charge in [-0.05, 0) is 12.0 Å². The summed E-state index contributed by atoms with van der Waals surface area (Å²) in [6.45, 7) is 2.02. The van der Waals surface area contributed by atoms with E-state index in [1.165, 1.54) is 0 Å². The maximum absolute atomic E-state index is 12.6. The van der Waals surface area contributed by atoms with E-state index in [2.05, 4.69) is 4.98 Å². The zero-order chi connectivity index (χ0) is 17.9. The maximum Gasteiger partial charge on any atom is 0.434 e. The Morgan fingerprint density at radius 1 is 1.12 bits per heavy atom. The number of hydrogen-bond acceptors (Lipinski definition) is 4. The standard InChI is InChI=1S/C17H18F3N3OS/c18-17(19,20)14-12-25-16(21-14)23-10-8-22(9-11-23)15(24)7-6-13-4-2-1-3-5-13/h1-5,12H,6-11H2. The molecule has 0 unspecified atom stereocenters. The Morgan fingerprint density at radius 2 is 1.80 bits per heavy atom. The highest BCUT2D eigenvalue weighted by Crippen LogP contribution is 2.33. The van der Waals surface area contributed by atoms with Crippen LogP contribution in [-0.4, -0.2) is 42.0 Å². The van der Waals surface area contributed by atoms with Crippen LogP contribution in [0.15, 0.2) is 35.7 Å². The van der Waals surface area contributed by atoms with Crippen molar-refractivity contribution in [1.29, 1.82) is 0 Å². The van der Waals surface area contributed by atoms with Gasteiger partial charge in [-0.3, -0.25) is 4.79 Å². The third kappa shape index (κ3) is 4.50. The van der Waals surface area contributed by atoms with Crippen LogP contribution >= 0.6 is 11.3 Å². The van der Waals surface area contributed by atoms with E-state index in [4.69, 9.17) is 0 Å². The average Bonchev–Trinajstić information content (AvgIpc) is 3.11. The number of rotatable bonds is 4. The van der Waals surface area contributed by atoms with Crippen LogP contribution in [0.25, 0.3) is 0 Å². The van der Waals surface area contributed by atoms with Crippen molar-refractivity contribution in [3.63, 3.8) is 0 Å². The zero-order valence-electron chi connectivity index (χ0n) is 13.5. The Morgan fingerprint density at radius 3 is 2.40 bits per heavy atom. The van der Waals surface area contributed by atoms with Gasteiger partial charge in [0.2, 0.25) is 5.91 Å². The highest BCUT2D eigenvalue weighted by atomic mass is 32.1. The summed E-state index contributed by atoms with van der Waals surface area (Å²) >= 11 is 0.991. The minimum Gasteiger partial charge on any atom is -0.345 e. The molecule has 3 rings (SSSR count). The summed E-state index contributed by atoms with van der Waals surface area (Å²) in [5.41, 5.74) is 0.269. The van der Waals surface area contributed by atoms with Crippen molar-refractivity contribution in [2.75, 3.05) is 31.1 Å². The number of alkyl halides is 3. The van der Waals surface area contributed by atoms with Crippen molar-refractivity contribution >= 4 is 22.4 Å². The lowest BCUT2D eigenvalue weighted by Crippen LogP contribution is -2.48. The summed E-state index contributed by atoms with van der Waals surface area (Å²) in [6, 6.07) is 9.81. The molecule has 1 aliphatic heterocycles. The number of anilines is 1. The molecule has 2 heterocycles. The molecule has 1 fully saturated rings. The topological polar surface area (TPSA) is 36.4 Å². The zero-order valence-corrected chi connectivity index (χ0v) is 14.3. The third-order valence-electron chi connectivity index (χ3n) is 4.16. The van der Waals surface area contributed by atoms with Gasteiger partial charge in [-0.15, -0.1) is 11.3 Å². The van der Waals surface area contributed by atoms with Gasteiger partial charge in [0.05, 0.1) is 0 Å². The number of hydrogen-bond donors (Lipinski definition) is 0. The molecule has 1 aromatic carbocycles. The predicted molar refractivity (Wildman–Crippen MR) is 90.7 cm³/mol. The first-order chi connectivity index (χ1) is 11.9. The van der Waals surface area contributed by atoms with Crippen LogP contribution in [0.4, 0.5) is 18.3 Å². The fraction of sp³-hybridized carbons (Fsp3) is 0.412. The van der Waals surface area contributed by atoms with Crippen LogP contribution in [0.5, 0.6) is 0 Å². The van der Waals surface area contributed by atoms with E-state index in [0.717, 1.165) is 22.3 Å². The first kappa shape index (κ1) is 17.7. The molecule has 0 bridgehead atoms. The van der Waals surface area contributed by atoms with Crippen molar-refractivity contribution in [3.05, 3.63) is 47.0 Å². The highest BCUT2D eigenvalue weighted by molar-refractivity contribution is 7.13. The number of benzene rings is 1. The van der Waals surface area contributed by atoms with Gasteiger partial charge >= 0.3 is 6.18 Å². The summed E-state index contributed by atoms with van der Waals surface area (Å²) in [5.74, 6) is 0.0821. The molecule has 4 nitrogen and oxygen atoms in total. The van der Waals surface area contributed by atoms with E-state index >= 15 is 0 Å². The monoisotopic (exact) mass is 369 g/mol. The van der Waals surface area contributed by atoms with Crippen molar-refractivity contribution in [1.82, 2.24) is 9.88 Å². The van der Waals surface area contributed by atoms with Crippen LogP contribution in [0.2, 0.25) is 0 Å². The molecule has 0 spiro atoms. The molecule has 1 aliphatic rings. The van der Waals surface area contributed by atoms with Gasteiger partial charge in [0, 0.05) is 38.0 Å². The summed E-state index contributed by atoms with van der Waals surface area (Å²) in [5, 5.41) is 1.40. The average molecular weight is 369 g/mol. The fourth-order valence-corrected chi connectivity index (χ4v) is 3.63. The number of aromatic nitrogens is 1. The Bertz CT molecular complexity index is 709. The molecular weight excluding hydrogens is 351 g/mol. The molecular formula is C17H18F3N3OS. The molecule has 0 aliphatic carbocycles. The Kier molecular flexibility index (Phi) is 5.27. The quantitative estimate of drug-likeness (QED) is 0.828. The highest BCUT2D eigenvalue weighted by Gasteiger charge is 2.34. The van der Waals surface area contributed by atoms with Gasteiger partial charge in [0.25, 0.3) is 0 Å². The molecule has 0 saturated carbocycles. The Balaban J connectivity index is 1.50. The van der Waals surface area contributed by atoms with Crippen LogP contribution in [0.3, 0.4) is 0 Å². The van der Waals surface area contributed by atoms with Crippen LogP contribution in [0, 0.1) is 0 Å². The lowest BCUT2D eigenvalue weighted by Gasteiger charge is -2.34. The molecule has 0 radical (unpaired) electrons. The van der Waals surface area contributed by atoms with Gasteiger partial charge in [-0.2, -0.15) is 13.2 Å². The Labute approximate surface area is 147 Å². The van der Waals surface area contributed by atoms with Crippen LogP contribution < -0.4 is 4.90 Å².